The summed E-state index contributed by atoms with van der Waals surface area (Å²) < 4.78 is 58.5. The highest BCUT2D eigenvalue weighted by atomic mass is 31.2. The minimum Gasteiger partial charge on any atom is -0.439 e. The van der Waals surface area contributed by atoms with Gasteiger partial charge in [0.2, 0.25) is 11.8 Å². The van der Waals surface area contributed by atoms with Gasteiger partial charge in [0.1, 0.15) is 5.75 Å². The second kappa shape index (κ2) is 8.86. The SMILES string of the molecule is CCP1(=O)N(C)C(=O)C(C(=O)Nc2ccc(Oc3cc(C(F)(F)F)ccn3)cc2)C(=O)N1C. The van der Waals surface area contributed by atoms with Gasteiger partial charge in [0.05, 0.1) is 5.56 Å². The zero-order valence-electron chi connectivity index (χ0n) is 17.8. The molecule has 1 N–H and O–H groups in total. The van der Waals surface area contributed by atoms with Gasteiger partial charge in [-0.05, 0) is 30.3 Å². The molecule has 3 rings (SSSR count). The van der Waals surface area contributed by atoms with Crippen LogP contribution in [0.15, 0.2) is 42.6 Å². The zero-order valence-corrected chi connectivity index (χ0v) is 18.7. The second-order valence-electron chi connectivity index (χ2n) is 7.13. The van der Waals surface area contributed by atoms with Crippen LogP contribution in [0.4, 0.5) is 18.9 Å². The van der Waals surface area contributed by atoms with E-state index in [0.717, 1.165) is 27.7 Å². The third kappa shape index (κ3) is 4.70. The van der Waals surface area contributed by atoms with E-state index < -0.39 is 42.8 Å². The van der Waals surface area contributed by atoms with Crippen molar-refractivity contribution in [2.75, 3.05) is 25.6 Å². The number of ether oxygens (including phenoxy) is 1. The number of benzene rings is 1. The van der Waals surface area contributed by atoms with Crippen molar-refractivity contribution in [1.82, 2.24) is 14.3 Å². The Labute approximate surface area is 187 Å². The maximum atomic E-state index is 12.9. The summed E-state index contributed by atoms with van der Waals surface area (Å²) in [6, 6.07) is 7.05. The first kappa shape index (κ1) is 24.2. The van der Waals surface area contributed by atoms with Crippen molar-refractivity contribution in [3.63, 3.8) is 0 Å². The van der Waals surface area contributed by atoms with Crippen molar-refractivity contribution in [2.45, 2.75) is 13.1 Å². The van der Waals surface area contributed by atoms with Crippen molar-refractivity contribution < 1.29 is 36.9 Å². The Hall–Kier alpha value is -3.40. The standard InChI is InChI=1S/C20H20F3N4O5P/c1-4-33(31)26(2)18(29)16(19(30)27(33)3)17(28)25-13-5-7-14(8-6-13)32-15-11-12(9-10-24-15)20(21,22)23/h5-11,16H,4H2,1-3H3,(H,25,28). The van der Waals surface area contributed by atoms with Gasteiger partial charge in [-0.3, -0.25) is 28.3 Å². The van der Waals surface area contributed by atoms with Gasteiger partial charge < -0.3 is 10.1 Å². The highest BCUT2D eigenvalue weighted by molar-refractivity contribution is 7.60. The fraction of sp³-hybridized carbons (Fsp3) is 0.300. The second-order valence-corrected chi connectivity index (χ2v) is 10.3. The molecular formula is C20H20F3N4O5P. The molecule has 13 heteroatoms. The third-order valence-corrected chi connectivity index (χ3v) is 8.24. The number of pyridine rings is 1. The molecule has 0 aliphatic carbocycles. The Morgan fingerprint density at radius 1 is 1.12 bits per heavy atom. The maximum Gasteiger partial charge on any atom is 0.416 e. The molecular weight excluding hydrogens is 464 g/mol. The van der Waals surface area contributed by atoms with Gasteiger partial charge in [-0.15, -0.1) is 0 Å². The van der Waals surface area contributed by atoms with E-state index in [1.165, 1.54) is 38.4 Å². The van der Waals surface area contributed by atoms with Crippen LogP contribution in [0.1, 0.15) is 12.5 Å². The number of amides is 3. The van der Waals surface area contributed by atoms with Gasteiger partial charge >= 0.3 is 6.18 Å². The molecule has 1 saturated heterocycles. The van der Waals surface area contributed by atoms with Crippen LogP contribution in [0.25, 0.3) is 0 Å². The first-order valence-electron chi connectivity index (χ1n) is 9.65. The summed E-state index contributed by atoms with van der Waals surface area (Å²) in [5.74, 6) is -4.45. The van der Waals surface area contributed by atoms with Crippen LogP contribution in [0.3, 0.4) is 0 Å². The highest BCUT2D eigenvalue weighted by Gasteiger charge is 2.51. The number of alkyl halides is 3. The topological polar surface area (TPSA) is 109 Å². The molecule has 1 aromatic carbocycles. The lowest BCUT2D eigenvalue weighted by atomic mass is 10.1. The van der Waals surface area contributed by atoms with Crippen molar-refractivity contribution in [3.05, 3.63) is 48.2 Å². The number of hydrogen-bond donors (Lipinski definition) is 1. The Bertz CT molecular complexity index is 1110. The number of rotatable bonds is 5. The van der Waals surface area contributed by atoms with E-state index in [0.29, 0.717) is 0 Å². The lowest BCUT2D eigenvalue weighted by Crippen LogP contribution is -2.53. The van der Waals surface area contributed by atoms with E-state index in [-0.39, 0.29) is 23.5 Å². The molecule has 9 nitrogen and oxygen atoms in total. The maximum absolute atomic E-state index is 12.9. The van der Waals surface area contributed by atoms with Gasteiger partial charge in [0, 0.05) is 38.2 Å². The molecule has 1 aliphatic heterocycles. The van der Waals surface area contributed by atoms with E-state index >= 15 is 0 Å². The van der Waals surface area contributed by atoms with Crippen molar-refractivity contribution >= 4 is 30.9 Å². The molecule has 0 saturated carbocycles. The predicted molar refractivity (Wildman–Crippen MR) is 112 cm³/mol. The van der Waals surface area contributed by atoms with Crippen molar-refractivity contribution in [2.24, 2.45) is 5.92 Å². The van der Waals surface area contributed by atoms with Crippen LogP contribution in [0.5, 0.6) is 11.6 Å². The fourth-order valence-electron chi connectivity index (χ4n) is 3.22. The summed E-state index contributed by atoms with van der Waals surface area (Å²) in [7, 11) is -0.845. The molecule has 0 unspecified atom stereocenters. The van der Waals surface area contributed by atoms with Crippen LogP contribution in [0.2, 0.25) is 0 Å². The van der Waals surface area contributed by atoms with Crippen LogP contribution in [-0.4, -0.2) is 52.3 Å². The van der Waals surface area contributed by atoms with E-state index in [9.17, 15) is 32.1 Å². The molecule has 0 spiro atoms. The van der Waals surface area contributed by atoms with E-state index in [4.69, 9.17) is 4.74 Å². The number of aromatic nitrogens is 1. The first-order valence-corrected chi connectivity index (χ1v) is 11.5. The van der Waals surface area contributed by atoms with Crippen LogP contribution >= 0.6 is 7.44 Å². The van der Waals surface area contributed by atoms with E-state index in [2.05, 4.69) is 10.3 Å². The molecule has 2 aromatic rings. The van der Waals surface area contributed by atoms with Gasteiger partial charge in [0.25, 0.3) is 19.3 Å². The zero-order chi connectivity index (χ0) is 24.6. The van der Waals surface area contributed by atoms with Gasteiger partial charge in [0.15, 0.2) is 5.92 Å². The number of carbonyl (C=O) groups is 3. The minimum absolute atomic E-state index is 0.0496. The molecule has 2 heterocycles. The Balaban J connectivity index is 1.71. The lowest BCUT2D eigenvalue weighted by Gasteiger charge is -2.41. The number of nitrogens with one attached hydrogen (secondary N) is 1. The molecule has 0 atom stereocenters. The Kier molecular flexibility index (Phi) is 6.51. The Morgan fingerprint density at radius 3 is 2.21 bits per heavy atom. The summed E-state index contributed by atoms with van der Waals surface area (Å²) in [5.41, 5.74) is -0.708. The van der Waals surface area contributed by atoms with Crippen LogP contribution < -0.4 is 10.1 Å². The average Bonchev–Trinajstić information content (AvgIpc) is 2.77. The molecule has 3 amide bonds. The summed E-state index contributed by atoms with van der Waals surface area (Å²) in [4.78, 5) is 41.5. The first-order chi connectivity index (χ1) is 15.4. The van der Waals surface area contributed by atoms with Crippen molar-refractivity contribution in [3.8, 4) is 11.6 Å². The Morgan fingerprint density at radius 2 is 1.70 bits per heavy atom. The molecule has 176 valence electrons. The molecule has 33 heavy (non-hydrogen) atoms. The van der Waals surface area contributed by atoms with Gasteiger partial charge in [-0.2, -0.15) is 13.2 Å². The number of anilines is 1. The number of nitrogens with zero attached hydrogens (tertiary/aromatic N) is 3. The predicted octanol–water partition coefficient (Wildman–Crippen LogP) is 3.59. The normalized spacial score (nSPS) is 21.2. The lowest BCUT2D eigenvalue weighted by molar-refractivity contribution is -0.148. The van der Waals surface area contributed by atoms with Crippen molar-refractivity contribution in [1.29, 1.82) is 0 Å². The fourth-order valence-corrected chi connectivity index (χ4v) is 5.32. The average molecular weight is 484 g/mol. The molecule has 0 radical (unpaired) electrons. The summed E-state index contributed by atoms with van der Waals surface area (Å²) in [5, 5.41) is 2.44. The summed E-state index contributed by atoms with van der Waals surface area (Å²) in [6.07, 6.45) is -3.53. The summed E-state index contributed by atoms with van der Waals surface area (Å²) in [6.45, 7) is 1.58. The van der Waals surface area contributed by atoms with E-state index in [1.807, 2.05) is 0 Å². The molecule has 1 aromatic heterocycles. The number of halogens is 3. The highest BCUT2D eigenvalue weighted by Crippen LogP contribution is 2.54. The molecule has 1 aliphatic rings. The largest absolute Gasteiger partial charge is 0.439 e. The number of hydrogen-bond acceptors (Lipinski definition) is 6. The quantitative estimate of drug-likeness (QED) is 0.513. The van der Waals surface area contributed by atoms with Crippen LogP contribution in [-0.2, 0) is 25.1 Å². The smallest absolute Gasteiger partial charge is 0.416 e. The van der Waals surface area contributed by atoms with Crippen LogP contribution in [0, 0.1) is 5.92 Å². The third-order valence-electron chi connectivity index (χ3n) is 5.15. The number of carbonyl (C=O) groups excluding carboxylic acids is 3. The van der Waals surface area contributed by atoms with Gasteiger partial charge in [-0.25, -0.2) is 4.98 Å². The van der Waals surface area contributed by atoms with Gasteiger partial charge in [-0.1, -0.05) is 6.92 Å². The minimum atomic E-state index is -4.55. The van der Waals surface area contributed by atoms with E-state index in [1.54, 1.807) is 6.92 Å². The molecule has 0 bridgehead atoms. The summed E-state index contributed by atoms with van der Waals surface area (Å²) >= 11 is 0. The monoisotopic (exact) mass is 484 g/mol. The molecule has 1 fully saturated rings.